The Hall–Kier alpha value is -4.13. The molecule has 0 radical (unpaired) electrons. The van der Waals surface area contributed by atoms with Crippen LogP contribution in [0.3, 0.4) is 0 Å². The highest BCUT2D eigenvalue weighted by molar-refractivity contribution is 5.85. The van der Waals surface area contributed by atoms with Crippen molar-refractivity contribution in [1.29, 1.82) is 0 Å². The Kier molecular flexibility index (Phi) is 6.13. The number of carboxylic acid groups (broad SMARTS) is 1. The third-order valence-corrected chi connectivity index (χ3v) is 5.06. The maximum absolute atomic E-state index is 13.7. The van der Waals surface area contributed by atoms with Gasteiger partial charge in [0.2, 0.25) is 0 Å². The Balaban J connectivity index is 1.49. The van der Waals surface area contributed by atoms with Gasteiger partial charge in [-0.1, -0.05) is 66.7 Å². The average molecular weight is 449 g/mol. The van der Waals surface area contributed by atoms with Crippen LogP contribution in [0.15, 0.2) is 91.1 Å². The first-order valence-electron chi connectivity index (χ1n) is 9.99. The van der Waals surface area contributed by atoms with Gasteiger partial charge in [0.05, 0.1) is 5.56 Å². The lowest BCUT2D eigenvalue weighted by molar-refractivity contribution is -0.137. The number of carboxylic acids is 1. The molecule has 1 N–H and O–H groups in total. The largest absolute Gasteiger partial charge is 0.489 e. The monoisotopic (exact) mass is 449 g/mol. The third kappa shape index (κ3) is 5.20. The number of aromatic carboxylic acids is 1. The SMILES string of the molecule is O=C(O)c1ccc(-c2ccc(COc3ccc(-c4ccccc4)c(C(F)(F)F)c3)cc2)cn1. The summed E-state index contributed by atoms with van der Waals surface area (Å²) in [6, 6.07) is 22.7. The van der Waals surface area contributed by atoms with Crippen LogP contribution in [0.2, 0.25) is 0 Å². The third-order valence-electron chi connectivity index (χ3n) is 5.06. The van der Waals surface area contributed by atoms with E-state index < -0.39 is 17.7 Å². The summed E-state index contributed by atoms with van der Waals surface area (Å²) in [6.07, 6.45) is -3.04. The summed E-state index contributed by atoms with van der Waals surface area (Å²) in [5, 5.41) is 8.93. The highest BCUT2D eigenvalue weighted by Crippen LogP contribution is 2.39. The Bertz CT molecular complexity index is 1250. The van der Waals surface area contributed by atoms with E-state index in [0.29, 0.717) is 5.56 Å². The number of carbonyl (C=O) groups is 1. The van der Waals surface area contributed by atoms with Gasteiger partial charge in [-0.05, 0) is 40.5 Å². The van der Waals surface area contributed by atoms with E-state index in [0.717, 1.165) is 22.8 Å². The van der Waals surface area contributed by atoms with Gasteiger partial charge in [-0.25, -0.2) is 9.78 Å². The molecule has 0 unspecified atom stereocenters. The normalized spacial score (nSPS) is 11.2. The van der Waals surface area contributed by atoms with Crippen LogP contribution >= 0.6 is 0 Å². The van der Waals surface area contributed by atoms with Gasteiger partial charge in [0.15, 0.2) is 0 Å². The number of rotatable bonds is 6. The van der Waals surface area contributed by atoms with Crippen molar-refractivity contribution >= 4 is 5.97 Å². The smallest absolute Gasteiger partial charge is 0.417 e. The molecule has 166 valence electrons. The molecule has 0 saturated carbocycles. The first-order chi connectivity index (χ1) is 15.8. The van der Waals surface area contributed by atoms with Crippen molar-refractivity contribution in [2.75, 3.05) is 0 Å². The summed E-state index contributed by atoms with van der Waals surface area (Å²) in [5.41, 5.74) is 2.14. The molecular weight excluding hydrogens is 431 g/mol. The van der Waals surface area contributed by atoms with Gasteiger partial charge in [-0.15, -0.1) is 0 Å². The van der Waals surface area contributed by atoms with Gasteiger partial charge < -0.3 is 9.84 Å². The average Bonchev–Trinajstić information content (AvgIpc) is 2.83. The van der Waals surface area contributed by atoms with Crippen molar-refractivity contribution in [3.8, 4) is 28.0 Å². The number of hydrogen-bond donors (Lipinski definition) is 1. The summed E-state index contributed by atoms with van der Waals surface area (Å²) < 4.78 is 46.6. The van der Waals surface area contributed by atoms with Gasteiger partial charge >= 0.3 is 12.1 Å². The number of nitrogens with zero attached hydrogens (tertiary/aromatic N) is 1. The first-order valence-corrected chi connectivity index (χ1v) is 9.99. The molecule has 0 saturated heterocycles. The molecular formula is C26H18F3NO3. The molecule has 1 heterocycles. The van der Waals surface area contributed by atoms with E-state index in [2.05, 4.69) is 4.98 Å². The summed E-state index contributed by atoms with van der Waals surface area (Å²) >= 11 is 0. The quantitative estimate of drug-likeness (QED) is 0.355. The van der Waals surface area contributed by atoms with Crippen LogP contribution in [-0.4, -0.2) is 16.1 Å². The minimum Gasteiger partial charge on any atom is -0.489 e. The fourth-order valence-corrected chi connectivity index (χ4v) is 3.37. The fourth-order valence-electron chi connectivity index (χ4n) is 3.37. The van der Waals surface area contributed by atoms with E-state index in [1.54, 1.807) is 48.5 Å². The number of ether oxygens (including phenoxy) is 1. The number of alkyl halides is 3. The predicted molar refractivity (Wildman–Crippen MR) is 118 cm³/mol. The zero-order chi connectivity index (χ0) is 23.4. The molecule has 33 heavy (non-hydrogen) atoms. The van der Waals surface area contributed by atoms with Crippen molar-refractivity contribution in [2.24, 2.45) is 0 Å². The standard InChI is InChI=1S/C26H18F3NO3/c27-26(28,29)23-14-21(11-12-22(23)19-4-2-1-3-5-19)33-16-17-6-8-18(9-7-17)20-10-13-24(25(31)32)30-15-20/h1-15H,16H2,(H,31,32). The molecule has 7 heteroatoms. The Labute approximate surface area is 187 Å². The molecule has 0 aliphatic carbocycles. The number of halogens is 3. The minimum atomic E-state index is -4.52. The maximum atomic E-state index is 13.7. The fraction of sp³-hybridized carbons (Fsp3) is 0.0769. The zero-order valence-corrected chi connectivity index (χ0v) is 17.2. The van der Waals surface area contributed by atoms with Crippen LogP contribution in [0.25, 0.3) is 22.3 Å². The lowest BCUT2D eigenvalue weighted by Crippen LogP contribution is -2.08. The zero-order valence-electron chi connectivity index (χ0n) is 17.2. The first kappa shape index (κ1) is 22.1. The van der Waals surface area contributed by atoms with Crippen LogP contribution in [0.1, 0.15) is 21.6 Å². The van der Waals surface area contributed by atoms with E-state index in [-0.39, 0.29) is 23.6 Å². The lowest BCUT2D eigenvalue weighted by atomic mass is 9.99. The van der Waals surface area contributed by atoms with E-state index in [1.165, 1.54) is 24.4 Å². The molecule has 1 aromatic heterocycles. The Morgan fingerprint density at radius 3 is 2.15 bits per heavy atom. The van der Waals surface area contributed by atoms with E-state index in [1.807, 2.05) is 12.1 Å². The molecule has 0 aliphatic rings. The molecule has 0 fully saturated rings. The Morgan fingerprint density at radius 1 is 0.848 bits per heavy atom. The summed E-state index contributed by atoms with van der Waals surface area (Å²) in [6.45, 7) is 0.0957. The molecule has 4 nitrogen and oxygen atoms in total. The van der Waals surface area contributed by atoms with Gasteiger partial charge in [0, 0.05) is 11.8 Å². The van der Waals surface area contributed by atoms with Crippen molar-refractivity contribution in [3.63, 3.8) is 0 Å². The second kappa shape index (κ2) is 9.16. The van der Waals surface area contributed by atoms with Crippen LogP contribution in [0.5, 0.6) is 5.75 Å². The molecule has 4 aromatic rings. The highest BCUT2D eigenvalue weighted by Gasteiger charge is 2.34. The predicted octanol–water partition coefficient (Wildman–Crippen LogP) is 6.71. The number of hydrogen-bond acceptors (Lipinski definition) is 3. The van der Waals surface area contributed by atoms with E-state index >= 15 is 0 Å². The van der Waals surface area contributed by atoms with Crippen LogP contribution in [0, 0.1) is 0 Å². The summed E-state index contributed by atoms with van der Waals surface area (Å²) in [4.78, 5) is 14.8. The van der Waals surface area contributed by atoms with E-state index in [9.17, 15) is 18.0 Å². The molecule has 4 rings (SSSR count). The summed E-state index contributed by atoms with van der Waals surface area (Å²) in [7, 11) is 0. The molecule has 0 atom stereocenters. The topological polar surface area (TPSA) is 59.4 Å². The molecule has 0 spiro atoms. The van der Waals surface area contributed by atoms with Crippen LogP contribution < -0.4 is 4.74 Å². The van der Waals surface area contributed by atoms with Gasteiger partial charge in [-0.3, -0.25) is 0 Å². The summed E-state index contributed by atoms with van der Waals surface area (Å²) in [5.74, 6) is -0.973. The van der Waals surface area contributed by atoms with Crippen LogP contribution in [0.4, 0.5) is 13.2 Å². The molecule has 0 amide bonds. The van der Waals surface area contributed by atoms with Gasteiger partial charge in [-0.2, -0.15) is 13.2 Å². The van der Waals surface area contributed by atoms with Gasteiger partial charge in [0.25, 0.3) is 0 Å². The minimum absolute atomic E-state index is 0.0414. The van der Waals surface area contributed by atoms with Crippen molar-refractivity contribution in [1.82, 2.24) is 4.98 Å². The molecule has 0 aliphatic heterocycles. The van der Waals surface area contributed by atoms with Crippen LogP contribution in [-0.2, 0) is 12.8 Å². The second-order valence-electron chi connectivity index (χ2n) is 7.29. The maximum Gasteiger partial charge on any atom is 0.417 e. The number of aromatic nitrogens is 1. The number of benzene rings is 3. The Morgan fingerprint density at radius 2 is 1.55 bits per heavy atom. The van der Waals surface area contributed by atoms with Crippen molar-refractivity contribution in [3.05, 3.63) is 108 Å². The van der Waals surface area contributed by atoms with Gasteiger partial charge in [0.1, 0.15) is 18.1 Å². The van der Waals surface area contributed by atoms with Crippen molar-refractivity contribution < 1.29 is 27.8 Å². The second-order valence-corrected chi connectivity index (χ2v) is 7.29. The van der Waals surface area contributed by atoms with E-state index in [4.69, 9.17) is 9.84 Å². The number of pyridine rings is 1. The lowest BCUT2D eigenvalue weighted by Gasteiger charge is -2.15. The highest BCUT2D eigenvalue weighted by atomic mass is 19.4. The molecule has 3 aromatic carbocycles. The van der Waals surface area contributed by atoms with Crippen molar-refractivity contribution in [2.45, 2.75) is 12.8 Å². The molecule has 0 bridgehead atoms.